The van der Waals surface area contributed by atoms with Gasteiger partial charge < -0.3 is 14.8 Å². The smallest absolute Gasteiger partial charge is 0.249 e. The predicted molar refractivity (Wildman–Crippen MR) is 103 cm³/mol. The number of carbonyl (C=O) groups is 2. The third-order valence-corrected chi connectivity index (χ3v) is 3.99. The minimum atomic E-state index is -0.535. The van der Waals surface area contributed by atoms with Crippen molar-refractivity contribution >= 4 is 39.6 Å². The molecule has 0 saturated heterocycles. The van der Waals surface area contributed by atoms with Gasteiger partial charge in [0.15, 0.2) is 0 Å². The van der Waals surface area contributed by atoms with Crippen molar-refractivity contribution in [2.75, 3.05) is 19.5 Å². The largest absolute Gasteiger partial charge is 0.497 e. The molecule has 0 spiro atoms. The number of benzene rings is 2. The highest BCUT2D eigenvalue weighted by Crippen LogP contribution is 2.22. The lowest BCUT2D eigenvalue weighted by molar-refractivity contribution is -0.126. The van der Waals surface area contributed by atoms with Crippen molar-refractivity contribution in [2.24, 2.45) is 5.10 Å². The molecule has 0 aliphatic heterocycles. The second-order valence-electron chi connectivity index (χ2n) is 5.11. The molecule has 2 aromatic rings. The van der Waals surface area contributed by atoms with E-state index in [0.29, 0.717) is 22.7 Å². The first-order valence-electron chi connectivity index (χ1n) is 7.61. The second kappa shape index (κ2) is 9.57. The Balaban J connectivity index is 1.91. The molecule has 0 fully saturated rings. The molecular formula is C18H18BrN3O4. The van der Waals surface area contributed by atoms with Crippen LogP contribution in [0.5, 0.6) is 11.5 Å². The van der Waals surface area contributed by atoms with Crippen LogP contribution in [0.4, 0.5) is 5.69 Å². The van der Waals surface area contributed by atoms with Crippen LogP contribution in [0.3, 0.4) is 0 Å². The minimum absolute atomic E-state index is 0.353. The monoisotopic (exact) mass is 419 g/mol. The number of methoxy groups -OCH3 is 2. The molecule has 2 aromatic carbocycles. The van der Waals surface area contributed by atoms with E-state index in [0.717, 1.165) is 4.47 Å². The van der Waals surface area contributed by atoms with Crippen molar-refractivity contribution < 1.29 is 19.1 Å². The zero-order valence-corrected chi connectivity index (χ0v) is 15.9. The van der Waals surface area contributed by atoms with E-state index in [2.05, 4.69) is 31.8 Å². The Kier molecular flexibility index (Phi) is 7.16. The molecule has 2 N–H and O–H groups in total. The summed E-state index contributed by atoms with van der Waals surface area (Å²) in [6, 6.07) is 12.3. The van der Waals surface area contributed by atoms with Crippen LogP contribution in [0.1, 0.15) is 12.0 Å². The zero-order valence-electron chi connectivity index (χ0n) is 14.3. The van der Waals surface area contributed by atoms with Gasteiger partial charge in [0.05, 0.1) is 26.1 Å². The van der Waals surface area contributed by atoms with Gasteiger partial charge in [0.25, 0.3) is 0 Å². The lowest BCUT2D eigenvalue weighted by Gasteiger charge is -2.07. The SMILES string of the molecule is COc1ccc(OC)c(C=NNC(=O)CC(=O)Nc2ccccc2Br)c1. The Morgan fingerprint density at radius 1 is 1.12 bits per heavy atom. The summed E-state index contributed by atoms with van der Waals surface area (Å²) >= 11 is 3.32. The van der Waals surface area contributed by atoms with Gasteiger partial charge in [-0.25, -0.2) is 5.43 Å². The number of hydrogen-bond donors (Lipinski definition) is 2. The first-order chi connectivity index (χ1) is 12.5. The molecule has 0 atom stereocenters. The quantitative estimate of drug-likeness (QED) is 0.410. The van der Waals surface area contributed by atoms with Gasteiger partial charge in [-0.15, -0.1) is 0 Å². The van der Waals surface area contributed by atoms with Crippen LogP contribution in [0.15, 0.2) is 52.0 Å². The number of ether oxygens (including phenoxy) is 2. The molecule has 0 aliphatic rings. The van der Waals surface area contributed by atoms with Crippen molar-refractivity contribution in [1.29, 1.82) is 0 Å². The Morgan fingerprint density at radius 3 is 2.58 bits per heavy atom. The van der Waals surface area contributed by atoms with Gasteiger partial charge >= 0.3 is 0 Å². The van der Waals surface area contributed by atoms with Crippen molar-refractivity contribution in [3.05, 3.63) is 52.5 Å². The lowest BCUT2D eigenvalue weighted by Crippen LogP contribution is -2.24. The maximum atomic E-state index is 11.9. The number of hydrogen-bond acceptors (Lipinski definition) is 5. The molecule has 2 amide bonds. The average Bonchev–Trinajstić information content (AvgIpc) is 2.63. The number of carbonyl (C=O) groups excluding carboxylic acids is 2. The summed E-state index contributed by atoms with van der Waals surface area (Å²) < 4.78 is 11.1. The highest BCUT2D eigenvalue weighted by molar-refractivity contribution is 9.10. The van der Waals surface area contributed by atoms with E-state index in [1.165, 1.54) is 13.3 Å². The third kappa shape index (κ3) is 5.59. The molecule has 0 bridgehead atoms. The molecule has 7 nitrogen and oxygen atoms in total. The fraction of sp³-hybridized carbons (Fsp3) is 0.167. The molecule has 136 valence electrons. The van der Waals surface area contributed by atoms with Gasteiger partial charge in [-0.05, 0) is 46.3 Å². The van der Waals surface area contributed by atoms with Crippen LogP contribution in [-0.2, 0) is 9.59 Å². The first kappa shape index (κ1) is 19.5. The van der Waals surface area contributed by atoms with E-state index in [-0.39, 0.29) is 6.42 Å². The minimum Gasteiger partial charge on any atom is -0.497 e. The molecular weight excluding hydrogens is 402 g/mol. The van der Waals surface area contributed by atoms with Crippen molar-refractivity contribution in [2.45, 2.75) is 6.42 Å². The molecule has 26 heavy (non-hydrogen) atoms. The van der Waals surface area contributed by atoms with E-state index in [4.69, 9.17) is 9.47 Å². The standard InChI is InChI=1S/C18H18BrN3O4/c1-25-13-7-8-16(26-2)12(9-13)11-20-22-18(24)10-17(23)21-15-6-4-3-5-14(15)19/h3-9,11H,10H2,1-2H3,(H,21,23)(H,22,24). The number of anilines is 1. The summed E-state index contributed by atoms with van der Waals surface area (Å²) in [5, 5.41) is 6.50. The number of halogens is 1. The van der Waals surface area contributed by atoms with E-state index in [1.807, 2.05) is 6.07 Å². The number of hydrazone groups is 1. The zero-order chi connectivity index (χ0) is 18.9. The normalized spacial score (nSPS) is 10.4. The number of rotatable bonds is 7. The van der Waals surface area contributed by atoms with Crippen LogP contribution in [0.2, 0.25) is 0 Å². The van der Waals surface area contributed by atoms with Gasteiger partial charge in [-0.3, -0.25) is 9.59 Å². The first-order valence-corrected chi connectivity index (χ1v) is 8.41. The van der Waals surface area contributed by atoms with Crippen LogP contribution < -0.4 is 20.2 Å². The van der Waals surface area contributed by atoms with Crippen LogP contribution in [0, 0.1) is 0 Å². The molecule has 0 unspecified atom stereocenters. The van der Waals surface area contributed by atoms with E-state index in [9.17, 15) is 9.59 Å². The topological polar surface area (TPSA) is 89.0 Å². The number of amides is 2. The van der Waals surface area contributed by atoms with Gasteiger partial charge in [0, 0.05) is 10.0 Å². The summed E-state index contributed by atoms with van der Waals surface area (Å²) in [6.45, 7) is 0. The fourth-order valence-electron chi connectivity index (χ4n) is 2.06. The highest BCUT2D eigenvalue weighted by atomic mass is 79.9. The molecule has 8 heteroatoms. The van der Waals surface area contributed by atoms with Crippen LogP contribution >= 0.6 is 15.9 Å². The molecule has 0 aliphatic carbocycles. The van der Waals surface area contributed by atoms with Crippen molar-refractivity contribution in [3.63, 3.8) is 0 Å². The lowest BCUT2D eigenvalue weighted by atomic mass is 10.2. The second-order valence-corrected chi connectivity index (χ2v) is 5.96. The van der Waals surface area contributed by atoms with E-state index in [1.54, 1.807) is 43.5 Å². The summed E-state index contributed by atoms with van der Waals surface area (Å²) in [5.41, 5.74) is 3.53. The molecule has 0 saturated carbocycles. The van der Waals surface area contributed by atoms with E-state index < -0.39 is 11.8 Å². The number of nitrogens with one attached hydrogen (secondary N) is 2. The number of nitrogens with zero attached hydrogens (tertiary/aromatic N) is 1. The van der Waals surface area contributed by atoms with Crippen LogP contribution in [0.25, 0.3) is 0 Å². The molecule has 0 heterocycles. The predicted octanol–water partition coefficient (Wildman–Crippen LogP) is 2.95. The van der Waals surface area contributed by atoms with Crippen LogP contribution in [-0.4, -0.2) is 32.2 Å². The van der Waals surface area contributed by atoms with Gasteiger partial charge in [0.2, 0.25) is 11.8 Å². The molecule has 2 rings (SSSR count). The molecule has 0 radical (unpaired) electrons. The van der Waals surface area contributed by atoms with Gasteiger partial charge in [-0.2, -0.15) is 5.10 Å². The summed E-state index contributed by atoms with van der Waals surface area (Å²) in [6.07, 6.45) is 1.07. The highest BCUT2D eigenvalue weighted by Gasteiger charge is 2.10. The van der Waals surface area contributed by atoms with E-state index >= 15 is 0 Å². The Morgan fingerprint density at radius 2 is 1.88 bits per heavy atom. The number of para-hydroxylation sites is 1. The Labute approximate surface area is 159 Å². The summed E-state index contributed by atoms with van der Waals surface area (Å²) in [4.78, 5) is 23.8. The Hall–Kier alpha value is -2.87. The maximum absolute atomic E-state index is 11.9. The molecule has 0 aromatic heterocycles. The average molecular weight is 420 g/mol. The van der Waals surface area contributed by atoms with Crippen molar-refractivity contribution in [1.82, 2.24) is 5.43 Å². The fourth-order valence-corrected chi connectivity index (χ4v) is 2.44. The van der Waals surface area contributed by atoms with Gasteiger partial charge in [0.1, 0.15) is 17.9 Å². The maximum Gasteiger partial charge on any atom is 0.249 e. The van der Waals surface area contributed by atoms with Gasteiger partial charge in [-0.1, -0.05) is 12.1 Å². The Bertz CT molecular complexity index is 824. The van der Waals surface area contributed by atoms with Crippen molar-refractivity contribution in [3.8, 4) is 11.5 Å². The summed E-state index contributed by atoms with van der Waals surface area (Å²) in [5.74, 6) is 0.234. The third-order valence-electron chi connectivity index (χ3n) is 3.30. The summed E-state index contributed by atoms with van der Waals surface area (Å²) in [7, 11) is 3.08.